The number of nitrogens with zero attached hydrogens (tertiary/aromatic N) is 3. The molecule has 0 atom stereocenters. The molecule has 0 aliphatic rings. The highest BCUT2D eigenvalue weighted by Crippen LogP contribution is 2.17. The summed E-state index contributed by atoms with van der Waals surface area (Å²) in [5.41, 5.74) is 1.52. The molecular formula is C17H14F2N4O. The van der Waals surface area contributed by atoms with Gasteiger partial charge in [0.1, 0.15) is 11.6 Å². The van der Waals surface area contributed by atoms with Crippen LogP contribution in [0.2, 0.25) is 0 Å². The van der Waals surface area contributed by atoms with E-state index < -0.39 is 17.5 Å². The van der Waals surface area contributed by atoms with Crippen LogP contribution < -0.4 is 5.32 Å². The number of aromatic nitrogens is 3. The minimum atomic E-state index is -0.769. The first kappa shape index (κ1) is 15.8. The molecule has 0 fully saturated rings. The van der Waals surface area contributed by atoms with E-state index in [0.717, 1.165) is 23.9 Å². The van der Waals surface area contributed by atoms with Crippen LogP contribution in [0.4, 0.5) is 14.5 Å². The molecule has 0 aliphatic carbocycles. The summed E-state index contributed by atoms with van der Waals surface area (Å²) in [7, 11) is 0. The fourth-order valence-electron chi connectivity index (χ4n) is 2.39. The first-order chi connectivity index (χ1) is 11.6. The number of anilines is 1. The lowest BCUT2D eigenvalue weighted by molar-refractivity contribution is 0.102. The number of nitrogens with one attached hydrogen (secondary N) is 1. The molecule has 7 heteroatoms. The van der Waals surface area contributed by atoms with Crippen LogP contribution in [0.5, 0.6) is 0 Å². The van der Waals surface area contributed by atoms with E-state index in [0.29, 0.717) is 12.1 Å². The molecule has 2 aromatic carbocycles. The van der Waals surface area contributed by atoms with Crippen LogP contribution in [0.25, 0.3) is 5.69 Å². The summed E-state index contributed by atoms with van der Waals surface area (Å²) < 4.78 is 28.0. The van der Waals surface area contributed by atoms with Crippen LogP contribution >= 0.6 is 0 Å². The average Bonchev–Trinajstić information content (AvgIpc) is 2.98. The zero-order chi connectivity index (χ0) is 17.1. The number of amides is 1. The summed E-state index contributed by atoms with van der Waals surface area (Å²) >= 11 is 0. The van der Waals surface area contributed by atoms with E-state index in [9.17, 15) is 13.6 Å². The quantitative estimate of drug-likeness (QED) is 0.799. The summed E-state index contributed by atoms with van der Waals surface area (Å²) in [4.78, 5) is 12.4. The Bertz CT molecular complexity index is 857. The molecule has 0 spiro atoms. The van der Waals surface area contributed by atoms with Crippen molar-refractivity contribution < 1.29 is 13.6 Å². The number of rotatable bonds is 4. The van der Waals surface area contributed by atoms with Crippen LogP contribution in [-0.2, 0) is 6.42 Å². The number of para-hydroxylation sites is 1. The molecular weight excluding hydrogens is 314 g/mol. The highest BCUT2D eigenvalue weighted by Gasteiger charge is 2.19. The number of hydrogen-bond donors (Lipinski definition) is 1. The van der Waals surface area contributed by atoms with Gasteiger partial charge in [-0.15, -0.1) is 5.10 Å². The zero-order valence-electron chi connectivity index (χ0n) is 12.8. The second-order valence-corrected chi connectivity index (χ2v) is 5.10. The van der Waals surface area contributed by atoms with Crippen LogP contribution in [0, 0.1) is 11.6 Å². The molecule has 0 unspecified atom stereocenters. The molecule has 24 heavy (non-hydrogen) atoms. The third kappa shape index (κ3) is 3.15. The Morgan fingerprint density at radius 1 is 1.12 bits per heavy atom. The Hall–Kier alpha value is -3.09. The van der Waals surface area contributed by atoms with E-state index in [2.05, 4.69) is 15.6 Å². The average molecular weight is 328 g/mol. The number of carbonyl (C=O) groups excluding carboxylic acids is 1. The summed E-state index contributed by atoms with van der Waals surface area (Å²) in [5, 5.41) is 10.4. The Morgan fingerprint density at radius 3 is 2.42 bits per heavy atom. The zero-order valence-corrected chi connectivity index (χ0v) is 12.8. The molecule has 0 saturated carbocycles. The summed E-state index contributed by atoms with van der Waals surface area (Å²) in [6.07, 6.45) is 0.516. The van der Waals surface area contributed by atoms with Crippen molar-refractivity contribution in [2.45, 2.75) is 13.3 Å². The predicted molar refractivity (Wildman–Crippen MR) is 85.0 cm³/mol. The third-order valence-electron chi connectivity index (χ3n) is 3.43. The fourth-order valence-corrected chi connectivity index (χ4v) is 2.39. The van der Waals surface area contributed by atoms with Crippen molar-refractivity contribution in [3.63, 3.8) is 0 Å². The normalized spacial score (nSPS) is 10.6. The Balaban J connectivity index is 1.92. The second-order valence-electron chi connectivity index (χ2n) is 5.10. The highest BCUT2D eigenvalue weighted by atomic mass is 19.1. The predicted octanol–water partition coefficient (Wildman–Crippen LogP) is 3.36. The molecule has 5 nitrogen and oxygen atoms in total. The van der Waals surface area contributed by atoms with Crippen molar-refractivity contribution in [3.05, 3.63) is 71.6 Å². The summed E-state index contributed by atoms with van der Waals surface area (Å²) in [5.74, 6) is -2.11. The summed E-state index contributed by atoms with van der Waals surface area (Å²) in [6, 6.07) is 12.1. The molecule has 1 amide bonds. The Morgan fingerprint density at radius 2 is 1.79 bits per heavy atom. The van der Waals surface area contributed by atoms with Gasteiger partial charge in [-0.2, -0.15) is 0 Å². The smallest absolute Gasteiger partial charge is 0.278 e. The molecule has 3 rings (SSSR count). The van der Waals surface area contributed by atoms with Crippen molar-refractivity contribution >= 4 is 11.6 Å². The van der Waals surface area contributed by atoms with Crippen molar-refractivity contribution in [1.82, 2.24) is 15.0 Å². The van der Waals surface area contributed by atoms with Gasteiger partial charge in [0, 0.05) is 11.8 Å². The summed E-state index contributed by atoms with van der Waals surface area (Å²) in [6.45, 7) is 1.87. The maximum atomic E-state index is 13.2. The number of benzene rings is 2. The SMILES string of the molecule is CCc1c(C(=O)Nc2cc(F)cc(F)c2)nnn1-c1ccccc1. The molecule has 0 radical (unpaired) electrons. The molecule has 122 valence electrons. The molecule has 1 heterocycles. The molecule has 0 aliphatic heterocycles. The van der Waals surface area contributed by atoms with Gasteiger partial charge in [-0.1, -0.05) is 30.3 Å². The standard InChI is InChI=1S/C17H14F2N4O/c1-2-15-16(21-22-23(15)14-6-4-3-5-7-14)17(24)20-13-9-11(18)8-12(19)10-13/h3-10H,2H2,1H3,(H,20,24). The van der Waals surface area contributed by atoms with Crippen LogP contribution in [0.3, 0.4) is 0 Å². The van der Waals surface area contributed by atoms with E-state index in [1.807, 2.05) is 37.3 Å². The first-order valence-electron chi connectivity index (χ1n) is 7.36. The van der Waals surface area contributed by atoms with Gasteiger partial charge in [0.15, 0.2) is 5.69 Å². The molecule has 1 aromatic heterocycles. The third-order valence-corrected chi connectivity index (χ3v) is 3.43. The van der Waals surface area contributed by atoms with Gasteiger partial charge < -0.3 is 5.32 Å². The Kier molecular flexibility index (Phi) is 4.33. The highest BCUT2D eigenvalue weighted by molar-refractivity contribution is 6.03. The van der Waals surface area contributed by atoms with Crippen molar-refractivity contribution in [2.24, 2.45) is 0 Å². The second kappa shape index (κ2) is 6.57. The van der Waals surface area contributed by atoms with Gasteiger partial charge in [-0.3, -0.25) is 4.79 Å². The minimum absolute atomic E-state index is 0.0221. The first-order valence-corrected chi connectivity index (χ1v) is 7.36. The van der Waals surface area contributed by atoms with E-state index >= 15 is 0 Å². The monoisotopic (exact) mass is 328 g/mol. The molecule has 3 aromatic rings. The van der Waals surface area contributed by atoms with E-state index in [1.165, 1.54) is 0 Å². The lowest BCUT2D eigenvalue weighted by atomic mass is 10.2. The number of carbonyl (C=O) groups is 1. The van der Waals surface area contributed by atoms with Crippen LogP contribution in [-0.4, -0.2) is 20.9 Å². The van der Waals surface area contributed by atoms with Gasteiger partial charge in [0.05, 0.1) is 11.4 Å². The Labute approximate surface area is 136 Å². The van der Waals surface area contributed by atoms with Gasteiger partial charge in [-0.25, -0.2) is 13.5 Å². The van der Waals surface area contributed by atoms with Crippen LogP contribution in [0.15, 0.2) is 48.5 Å². The number of hydrogen-bond acceptors (Lipinski definition) is 3. The number of halogens is 2. The lowest BCUT2D eigenvalue weighted by Crippen LogP contribution is -2.15. The van der Waals surface area contributed by atoms with Crippen molar-refractivity contribution in [1.29, 1.82) is 0 Å². The molecule has 0 saturated heterocycles. The van der Waals surface area contributed by atoms with Gasteiger partial charge in [-0.05, 0) is 30.7 Å². The van der Waals surface area contributed by atoms with Gasteiger partial charge in [0.25, 0.3) is 5.91 Å². The maximum Gasteiger partial charge on any atom is 0.278 e. The molecule has 0 bridgehead atoms. The van der Waals surface area contributed by atoms with E-state index in [-0.39, 0.29) is 11.4 Å². The molecule has 1 N–H and O–H groups in total. The fraction of sp³-hybridized carbons (Fsp3) is 0.118. The van der Waals surface area contributed by atoms with E-state index in [1.54, 1.807) is 4.68 Å². The minimum Gasteiger partial charge on any atom is -0.320 e. The van der Waals surface area contributed by atoms with Crippen molar-refractivity contribution in [3.8, 4) is 5.69 Å². The lowest BCUT2D eigenvalue weighted by Gasteiger charge is -2.07. The maximum absolute atomic E-state index is 13.2. The van der Waals surface area contributed by atoms with Gasteiger partial charge >= 0.3 is 0 Å². The van der Waals surface area contributed by atoms with Crippen LogP contribution in [0.1, 0.15) is 23.1 Å². The largest absolute Gasteiger partial charge is 0.320 e. The topological polar surface area (TPSA) is 59.8 Å². The van der Waals surface area contributed by atoms with Crippen molar-refractivity contribution in [2.75, 3.05) is 5.32 Å². The van der Waals surface area contributed by atoms with E-state index in [4.69, 9.17) is 0 Å². The van der Waals surface area contributed by atoms with Gasteiger partial charge in [0.2, 0.25) is 0 Å².